The van der Waals surface area contributed by atoms with Gasteiger partial charge in [0.2, 0.25) is 0 Å². The van der Waals surface area contributed by atoms with Gasteiger partial charge in [-0.05, 0) is 18.6 Å². The molecule has 3 heteroatoms. The second-order valence-electron chi connectivity index (χ2n) is 2.31. The number of nitrogens with zero attached hydrogens (tertiary/aromatic N) is 2. The average Bonchev–Trinajstić information content (AvgIpc) is 1.98. The van der Waals surface area contributed by atoms with Gasteiger partial charge < -0.3 is 5.73 Å². The van der Waals surface area contributed by atoms with Crippen LogP contribution in [0, 0.1) is 0 Å². The number of allylic oxidation sites excluding steroid dienone is 3. The van der Waals surface area contributed by atoms with Crippen molar-refractivity contribution in [3.05, 3.63) is 36.2 Å². The molecule has 1 rings (SSSR count). The van der Waals surface area contributed by atoms with E-state index in [2.05, 4.69) is 11.7 Å². The van der Waals surface area contributed by atoms with Crippen molar-refractivity contribution >= 4 is 6.34 Å². The molecule has 0 spiro atoms. The Labute approximate surface area is 66.2 Å². The van der Waals surface area contributed by atoms with Crippen LogP contribution in [0.3, 0.4) is 0 Å². The van der Waals surface area contributed by atoms with Gasteiger partial charge in [-0.15, -0.1) is 0 Å². The predicted molar refractivity (Wildman–Crippen MR) is 46.6 cm³/mol. The molecule has 0 aliphatic carbocycles. The van der Waals surface area contributed by atoms with Crippen LogP contribution in [0.15, 0.2) is 41.3 Å². The summed E-state index contributed by atoms with van der Waals surface area (Å²) in [7, 11) is 0. The van der Waals surface area contributed by atoms with Crippen molar-refractivity contribution in [2.24, 2.45) is 10.8 Å². The maximum atomic E-state index is 5.14. The first-order chi connectivity index (χ1) is 5.24. The molecule has 11 heavy (non-hydrogen) atoms. The Bertz CT molecular complexity index is 248. The fourth-order valence-corrected chi connectivity index (χ4v) is 0.802. The average molecular weight is 149 g/mol. The lowest BCUT2D eigenvalue weighted by Gasteiger charge is -2.17. The molecular formula is C8H11N3. The molecule has 0 aromatic rings. The zero-order valence-electron chi connectivity index (χ0n) is 6.49. The van der Waals surface area contributed by atoms with Gasteiger partial charge in [0.1, 0.15) is 6.34 Å². The first-order valence-corrected chi connectivity index (χ1v) is 3.33. The van der Waals surface area contributed by atoms with Crippen LogP contribution < -0.4 is 5.73 Å². The van der Waals surface area contributed by atoms with Gasteiger partial charge in [-0.25, -0.2) is 5.01 Å². The van der Waals surface area contributed by atoms with Gasteiger partial charge in [-0.3, -0.25) is 0 Å². The Morgan fingerprint density at radius 1 is 1.64 bits per heavy atom. The van der Waals surface area contributed by atoms with Gasteiger partial charge in [0.05, 0.1) is 5.70 Å². The third-order valence-electron chi connectivity index (χ3n) is 1.35. The molecule has 0 saturated carbocycles. The molecule has 0 fully saturated rings. The lowest BCUT2D eigenvalue weighted by Crippen LogP contribution is -2.12. The first-order valence-electron chi connectivity index (χ1n) is 3.33. The van der Waals surface area contributed by atoms with Crippen molar-refractivity contribution in [3.63, 3.8) is 0 Å². The van der Waals surface area contributed by atoms with Crippen LogP contribution in [0.25, 0.3) is 0 Å². The van der Waals surface area contributed by atoms with Crippen LogP contribution in [-0.2, 0) is 0 Å². The maximum Gasteiger partial charge on any atom is 0.107 e. The molecule has 1 aliphatic heterocycles. The van der Waals surface area contributed by atoms with Gasteiger partial charge in [0.25, 0.3) is 0 Å². The highest BCUT2D eigenvalue weighted by molar-refractivity contribution is 5.51. The first kappa shape index (κ1) is 7.60. The van der Waals surface area contributed by atoms with Gasteiger partial charge in [0.15, 0.2) is 0 Å². The normalized spacial score (nSPS) is 17.7. The summed E-state index contributed by atoms with van der Waals surface area (Å²) in [6.45, 7) is 5.76. The molecule has 0 unspecified atom stereocenters. The van der Waals surface area contributed by atoms with E-state index in [1.807, 2.05) is 25.3 Å². The SMILES string of the molecule is C=C1C=CC(C)=CN1/N=C\N. The van der Waals surface area contributed by atoms with Crippen molar-refractivity contribution in [1.82, 2.24) is 5.01 Å². The number of hydrogen-bond donors (Lipinski definition) is 1. The highest BCUT2D eigenvalue weighted by Crippen LogP contribution is 2.14. The summed E-state index contributed by atoms with van der Waals surface area (Å²) in [5, 5.41) is 5.51. The van der Waals surface area contributed by atoms with E-state index >= 15 is 0 Å². The molecule has 0 radical (unpaired) electrons. The molecular weight excluding hydrogens is 138 g/mol. The van der Waals surface area contributed by atoms with Crippen molar-refractivity contribution in [2.45, 2.75) is 6.92 Å². The van der Waals surface area contributed by atoms with Gasteiger partial charge >= 0.3 is 0 Å². The van der Waals surface area contributed by atoms with Gasteiger partial charge in [0, 0.05) is 6.20 Å². The lowest BCUT2D eigenvalue weighted by molar-refractivity contribution is 0.510. The van der Waals surface area contributed by atoms with Crippen LogP contribution in [0.5, 0.6) is 0 Å². The van der Waals surface area contributed by atoms with E-state index in [0.29, 0.717) is 0 Å². The van der Waals surface area contributed by atoms with E-state index in [4.69, 9.17) is 5.73 Å². The molecule has 58 valence electrons. The zero-order valence-corrected chi connectivity index (χ0v) is 6.49. The van der Waals surface area contributed by atoms with Crippen LogP contribution in [0.4, 0.5) is 0 Å². The summed E-state index contributed by atoms with van der Waals surface area (Å²) < 4.78 is 0. The van der Waals surface area contributed by atoms with E-state index in [0.717, 1.165) is 11.3 Å². The Balaban J connectivity index is 2.81. The second kappa shape index (κ2) is 3.05. The summed E-state index contributed by atoms with van der Waals surface area (Å²) >= 11 is 0. The summed E-state index contributed by atoms with van der Waals surface area (Å²) in [4.78, 5) is 0. The molecule has 0 saturated heterocycles. The summed E-state index contributed by atoms with van der Waals surface area (Å²) in [6, 6.07) is 0. The minimum atomic E-state index is 0.817. The maximum absolute atomic E-state index is 5.14. The summed E-state index contributed by atoms with van der Waals surface area (Å²) in [5.74, 6) is 0. The number of hydrazone groups is 1. The van der Waals surface area contributed by atoms with Crippen LogP contribution in [0.1, 0.15) is 6.92 Å². The third-order valence-corrected chi connectivity index (χ3v) is 1.35. The molecule has 0 aromatic carbocycles. The topological polar surface area (TPSA) is 41.6 Å². The van der Waals surface area contributed by atoms with Crippen LogP contribution in [0.2, 0.25) is 0 Å². The molecule has 0 amide bonds. The van der Waals surface area contributed by atoms with E-state index in [-0.39, 0.29) is 0 Å². The Hall–Kier alpha value is -1.51. The minimum absolute atomic E-state index is 0.817. The molecule has 0 atom stereocenters. The van der Waals surface area contributed by atoms with E-state index in [1.54, 1.807) is 5.01 Å². The van der Waals surface area contributed by atoms with Gasteiger partial charge in [-0.1, -0.05) is 12.7 Å². The largest absolute Gasteiger partial charge is 0.388 e. The number of rotatable bonds is 1. The standard InChI is InChI=1S/C8H11N3/c1-7-3-4-8(2)11(5-7)10-6-9/h3-6H,2H2,1H3,(H2,9,10). The van der Waals surface area contributed by atoms with Crippen molar-refractivity contribution in [3.8, 4) is 0 Å². The quantitative estimate of drug-likeness (QED) is 0.449. The van der Waals surface area contributed by atoms with Gasteiger partial charge in [-0.2, -0.15) is 5.10 Å². The highest BCUT2D eigenvalue weighted by Gasteiger charge is 2.02. The fraction of sp³-hybridized carbons (Fsp3) is 0.125. The van der Waals surface area contributed by atoms with E-state index < -0.39 is 0 Å². The predicted octanol–water partition coefficient (Wildman–Crippen LogP) is 1.18. The lowest BCUT2D eigenvalue weighted by atomic mass is 10.2. The summed E-state index contributed by atoms with van der Waals surface area (Å²) in [5.41, 5.74) is 7.08. The molecule has 1 aliphatic rings. The van der Waals surface area contributed by atoms with Crippen LogP contribution in [-0.4, -0.2) is 11.3 Å². The molecule has 2 N–H and O–H groups in total. The minimum Gasteiger partial charge on any atom is -0.388 e. The van der Waals surface area contributed by atoms with Crippen molar-refractivity contribution < 1.29 is 0 Å². The Morgan fingerprint density at radius 2 is 2.36 bits per heavy atom. The van der Waals surface area contributed by atoms with Crippen molar-refractivity contribution in [1.29, 1.82) is 0 Å². The van der Waals surface area contributed by atoms with Crippen molar-refractivity contribution in [2.75, 3.05) is 0 Å². The third kappa shape index (κ3) is 1.70. The highest BCUT2D eigenvalue weighted by atomic mass is 15.4. The van der Waals surface area contributed by atoms with E-state index in [1.165, 1.54) is 6.34 Å². The zero-order chi connectivity index (χ0) is 8.27. The molecule has 1 heterocycles. The molecule has 0 bridgehead atoms. The second-order valence-corrected chi connectivity index (χ2v) is 2.31. The number of hydrogen-bond acceptors (Lipinski definition) is 2. The molecule has 0 aromatic heterocycles. The van der Waals surface area contributed by atoms with Crippen LogP contribution >= 0.6 is 0 Å². The monoisotopic (exact) mass is 149 g/mol. The van der Waals surface area contributed by atoms with E-state index in [9.17, 15) is 0 Å². The Kier molecular flexibility index (Phi) is 2.11. The Morgan fingerprint density at radius 3 is 3.00 bits per heavy atom. The smallest absolute Gasteiger partial charge is 0.107 e. The fourth-order valence-electron chi connectivity index (χ4n) is 0.802. The summed E-state index contributed by atoms with van der Waals surface area (Å²) in [6.07, 6.45) is 6.98. The number of nitrogens with two attached hydrogens (primary N) is 1. The molecule has 3 nitrogen and oxygen atoms in total.